The number of anilines is 2. The van der Waals surface area contributed by atoms with Gasteiger partial charge in [0.2, 0.25) is 12.2 Å². The molecule has 5 rings (SSSR count). The summed E-state index contributed by atoms with van der Waals surface area (Å²) in [6, 6.07) is 25.3. The number of urea groups is 1. The summed E-state index contributed by atoms with van der Waals surface area (Å²) in [5.74, 6) is 0.508. The first-order valence-corrected chi connectivity index (χ1v) is 12.2. The van der Waals surface area contributed by atoms with Crippen molar-refractivity contribution in [3.63, 3.8) is 0 Å². The van der Waals surface area contributed by atoms with Gasteiger partial charge < -0.3 is 25.8 Å². The van der Waals surface area contributed by atoms with E-state index in [0.29, 0.717) is 25.6 Å². The van der Waals surface area contributed by atoms with E-state index in [1.807, 2.05) is 83.9 Å². The van der Waals surface area contributed by atoms with Crippen LogP contribution in [0.2, 0.25) is 0 Å². The summed E-state index contributed by atoms with van der Waals surface area (Å²) >= 11 is 0. The highest BCUT2D eigenvalue weighted by Crippen LogP contribution is 2.28. The molecule has 182 valence electrons. The van der Waals surface area contributed by atoms with E-state index in [4.69, 9.17) is 0 Å². The fraction of sp³-hybridized carbons (Fsp3) is 0.250. The van der Waals surface area contributed by atoms with Gasteiger partial charge in [0, 0.05) is 37.6 Å². The average Bonchev–Trinajstić information content (AvgIpc) is 2.93. The Kier molecular flexibility index (Phi) is 7.10. The number of nitrogens with zero attached hydrogens (tertiary/aromatic N) is 4. The molecule has 3 N–H and O–H groups in total. The fourth-order valence-corrected chi connectivity index (χ4v) is 4.89. The van der Waals surface area contributed by atoms with Gasteiger partial charge in [0.05, 0.1) is 6.04 Å². The zero-order valence-corrected chi connectivity index (χ0v) is 20.0. The van der Waals surface area contributed by atoms with Crippen molar-refractivity contribution in [1.29, 1.82) is 5.26 Å². The second kappa shape index (κ2) is 10.9. The lowest BCUT2D eigenvalue weighted by molar-refractivity contribution is 0.136. The second-order valence-electron chi connectivity index (χ2n) is 8.89. The van der Waals surface area contributed by atoms with E-state index in [1.165, 1.54) is 11.1 Å². The minimum absolute atomic E-state index is 0.147. The third kappa shape index (κ3) is 5.16. The van der Waals surface area contributed by atoms with Gasteiger partial charge in [0.1, 0.15) is 0 Å². The lowest BCUT2D eigenvalue weighted by Gasteiger charge is -2.42. The molecule has 0 spiro atoms. The highest BCUT2D eigenvalue weighted by atomic mass is 16.2. The molecule has 0 saturated carbocycles. The predicted octanol–water partition coefficient (Wildman–Crippen LogP) is 4.17. The summed E-state index contributed by atoms with van der Waals surface area (Å²) < 4.78 is 0. The molecule has 1 unspecified atom stereocenters. The van der Waals surface area contributed by atoms with Crippen LogP contribution < -0.4 is 16.0 Å². The smallest absolute Gasteiger partial charge is 0.322 e. The molecule has 1 fully saturated rings. The van der Waals surface area contributed by atoms with Crippen LogP contribution in [0.25, 0.3) is 0 Å². The van der Waals surface area contributed by atoms with Crippen molar-refractivity contribution in [2.24, 2.45) is 4.99 Å². The molecule has 2 aliphatic rings. The van der Waals surface area contributed by atoms with Crippen molar-refractivity contribution in [1.82, 2.24) is 15.1 Å². The number of nitriles is 1. The molecule has 0 aliphatic carbocycles. The minimum Gasteiger partial charge on any atom is -0.338 e. The molecule has 2 heterocycles. The van der Waals surface area contributed by atoms with Gasteiger partial charge >= 0.3 is 6.03 Å². The Bertz CT molecular complexity index is 1270. The van der Waals surface area contributed by atoms with Gasteiger partial charge in [-0.3, -0.25) is 0 Å². The van der Waals surface area contributed by atoms with Crippen LogP contribution in [0, 0.1) is 11.5 Å². The van der Waals surface area contributed by atoms with Crippen molar-refractivity contribution < 1.29 is 4.79 Å². The number of amides is 2. The van der Waals surface area contributed by atoms with Crippen LogP contribution in [0.1, 0.15) is 22.7 Å². The van der Waals surface area contributed by atoms with Crippen molar-refractivity contribution in [3.8, 4) is 6.19 Å². The molecule has 0 radical (unpaired) electrons. The zero-order valence-electron chi connectivity index (χ0n) is 20.0. The topological polar surface area (TPSA) is 95.8 Å². The quantitative estimate of drug-likeness (QED) is 0.298. The fourth-order valence-electron chi connectivity index (χ4n) is 4.89. The zero-order chi connectivity index (χ0) is 24.7. The molecular weight excluding hydrogens is 450 g/mol. The molecule has 1 atom stereocenters. The molecular formula is C28H29N7O. The monoisotopic (exact) mass is 479 g/mol. The highest BCUT2D eigenvalue weighted by molar-refractivity contribution is 5.95. The Balaban J connectivity index is 1.39. The first-order chi connectivity index (χ1) is 17.7. The number of rotatable bonds is 3. The third-order valence-electron chi connectivity index (χ3n) is 6.69. The summed E-state index contributed by atoms with van der Waals surface area (Å²) in [5.41, 5.74) is 5.27. The Morgan fingerprint density at radius 2 is 1.75 bits per heavy atom. The number of aliphatic imine (C=N–C) groups is 1. The lowest BCUT2D eigenvalue weighted by atomic mass is 9.99. The minimum atomic E-state index is -0.205. The van der Waals surface area contributed by atoms with Crippen molar-refractivity contribution >= 4 is 23.4 Å². The number of piperazine rings is 1. The number of nitrogens with one attached hydrogen (secondary N) is 3. The highest BCUT2D eigenvalue weighted by Gasteiger charge is 2.33. The Labute approximate surface area is 211 Å². The first kappa shape index (κ1) is 23.4. The maximum atomic E-state index is 13.3. The summed E-state index contributed by atoms with van der Waals surface area (Å²) in [7, 11) is 0. The SMILES string of the molecule is N#C/N=C(/Nc1cccc2c1CCNC2)N1CCN(C(=O)Nc2ccccc2)C(c2ccccc2)C1. The van der Waals surface area contributed by atoms with E-state index in [9.17, 15) is 10.1 Å². The van der Waals surface area contributed by atoms with Gasteiger partial charge in [-0.05, 0) is 47.9 Å². The van der Waals surface area contributed by atoms with Crippen LogP contribution in [0.3, 0.4) is 0 Å². The van der Waals surface area contributed by atoms with Crippen LogP contribution >= 0.6 is 0 Å². The number of guanidine groups is 1. The molecule has 8 heteroatoms. The number of carbonyl (C=O) groups excluding carboxylic acids is 1. The van der Waals surface area contributed by atoms with Crippen molar-refractivity contribution in [2.75, 3.05) is 36.8 Å². The van der Waals surface area contributed by atoms with E-state index >= 15 is 0 Å². The first-order valence-electron chi connectivity index (χ1n) is 12.2. The number of hydrogen-bond donors (Lipinski definition) is 3. The standard InChI is InChI=1S/C28H29N7O/c29-20-31-27(33-25-13-7-10-22-18-30-15-14-24(22)25)34-16-17-35(26(19-34)21-8-3-1-4-9-21)28(36)32-23-11-5-2-6-12-23/h1-13,26,30H,14-19H2,(H,31,33)(H,32,36). The molecule has 36 heavy (non-hydrogen) atoms. The Morgan fingerprint density at radius 3 is 2.53 bits per heavy atom. The molecule has 0 bridgehead atoms. The van der Waals surface area contributed by atoms with Crippen LogP contribution in [0.5, 0.6) is 0 Å². The number of benzene rings is 3. The summed E-state index contributed by atoms with van der Waals surface area (Å²) in [6.07, 6.45) is 2.88. The van der Waals surface area contributed by atoms with Crippen LogP contribution in [0.15, 0.2) is 83.9 Å². The number of fused-ring (bicyclic) bond motifs is 1. The lowest BCUT2D eigenvalue weighted by Crippen LogP contribution is -2.54. The van der Waals surface area contributed by atoms with E-state index < -0.39 is 0 Å². The molecule has 3 aromatic carbocycles. The van der Waals surface area contributed by atoms with E-state index in [1.54, 1.807) is 0 Å². The van der Waals surface area contributed by atoms with Crippen molar-refractivity contribution in [3.05, 3.63) is 95.6 Å². The van der Waals surface area contributed by atoms with Gasteiger partial charge in [-0.1, -0.05) is 60.7 Å². The van der Waals surface area contributed by atoms with Gasteiger partial charge in [0.15, 0.2) is 0 Å². The maximum absolute atomic E-state index is 13.3. The van der Waals surface area contributed by atoms with E-state index in [-0.39, 0.29) is 12.1 Å². The summed E-state index contributed by atoms with van der Waals surface area (Å²) in [6.45, 7) is 3.30. The van der Waals surface area contributed by atoms with E-state index in [2.05, 4.69) is 31.9 Å². The Morgan fingerprint density at radius 1 is 0.972 bits per heavy atom. The molecule has 0 aromatic heterocycles. The van der Waals surface area contributed by atoms with Crippen LogP contribution in [0.4, 0.5) is 16.2 Å². The van der Waals surface area contributed by atoms with Crippen LogP contribution in [-0.2, 0) is 13.0 Å². The normalized spacial score (nSPS) is 17.6. The third-order valence-corrected chi connectivity index (χ3v) is 6.69. The number of hydrogen-bond acceptors (Lipinski definition) is 4. The Hall–Kier alpha value is -4.35. The molecule has 3 aromatic rings. The number of para-hydroxylation sites is 1. The molecule has 8 nitrogen and oxygen atoms in total. The van der Waals surface area contributed by atoms with Gasteiger partial charge in [-0.15, -0.1) is 4.99 Å². The molecule has 2 amide bonds. The molecule has 2 aliphatic heterocycles. The predicted molar refractivity (Wildman–Crippen MR) is 141 cm³/mol. The van der Waals surface area contributed by atoms with Crippen molar-refractivity contribution in [2.45, 2.75) is 19.0 Å². The van der Waals surface area contributed by atoms with Gasteiger partial charge in [0.25, 0.3) is 0 Å². The summed E-state index contributed by atoms with van der Waals surface area (Å²) in [4.78, 5) is 21.4. The summed E-state index contributed by atoms with van der Waals surface area (Å²) in [5, 5.41) is 19.3. The largest absolute Gasteiger partial charge is 0.338 e. The van der Waals surface area contributed by atoms with Gasteiger partial charge in [-0.2, -0.15) is 5.26 Å². The maximum Gasteiger partial charge on any atom is 0.322 e. The van der Waals surface area contributed by atoms with E-state index in [0.717, 1.165) is 36.4 Å². The average molecular weight is 480 g/mol. The van der Waals surface area contributed by atoms with Gasteiger partial charge in [-0.25, -0.2) is 4.79 Å². The second-order valence-corrected chi connectivity index (χ2v) is 8.89. The number of carbonyl (C=O) groups is 1. The van der Waals surface area contributed by atoms with Crippen LogP contribution in [-0.4, -0.2) is 48.0 Å². The molecule has 1 saturated heterocycles.